The third-order valence-corrected chi connectivity index (χ3v) is 5.44. The number of aromatic nitrogens is 1. The Morgan fingerprint density at radius 2 is 1.97 bits per heavy atom. The summed E-state index contributed by atoms with van der Waals surface area (Å²) in [5.41, 5.74) is 2.30. The summed E-state index contributed by atoms with van der Waals surface area (Å²) in [6.45, 7) is 5.94. The Balaban J connectivity index is 1.40. The molecule has 1 aromatic heterocycles. The molecule has 2 saturated heterocycles. The van der Waals surface area contributed by atoms with Gasteiger partial charge in [0, 0.05) is 50.9 Å². The summed E-state index contributed by atoms with van der Waals surface area (Å²) in [6.07, 6.45) is 1.85. The summed E-state index contributed by atoms with van der Waals surface area (Å²) in [5.74, 6) is 0.0844. The second-order valence-corrected chi connectivity index (χ2v) is 7.83. The van der Waals surface area contributed by atoms with Gasteiger partial charge in [0.15, 0.2) is 6.61 Å². The van der Waals surface area contributed by atoms with Crippen molar-refractivity contribution in [2.45, 2.75) is 19.1 Å². The van der Waals surface area contributed by atoms with Gasteiger partial charge in [0.25, 0.3) is 0 Å². The molecule has 7 heteroatoms. The Kier molecular flexibility index (Phi) is 6.39. The van der Waals surface area contributed by atoms with Crippen molar-refractivity contribution in [1.29, 1.82) is 0 Å². The molecule has 0 radical (unpaired) electrons. The van der Waals surface area contributed by atoms with Gasteiger partial charge in [-0.3, -0.25) is 14.8 Å². The molecule has 1 N–H and O–H groups in total. The first kappa shape index (κ1) is 19.8. The van der Waals surface area contributed by atoms with Crippen LogP contribution in [0, 0.1) is 5.92 Å². The summed E-state index contributed by atoms with van der Waals surface area (Å²) in [4.78, 5) is 20.1. The average molecular weight is 397 g/mol. The maximum atomic E-state index is 10.6. The first-order valence-corrected chi connectivity index (χ1v) is 10.0. The standard InChI is InChI=1S/C22H27N3O4/c26-22(27)16-29-21-6-4-17(5-7-21)10-25-11-18-9-24(13-20(25)15-28-14-18)12-19-3-1-2-8-23-19/h1-8,18,20H,9-16H2,(H,26,27)/t18-,20-/m0/s1. The highest BCUT2D eigenvalue weighted by atomic mass is 16.5. The van der Waals surface area contributed by atoms with Crippen LogP contribution in [0.25, 0.3) is 0 Å². The number of rotatable bonds is 7. The zero-order valence-corrected chi connectivity index (χ0v) is 16.4. The fraction of sp³-hybridized carbons (Fsp3) is 0.455. The number of nitrogens with zero attached hydrogens (tertiary/aromatic N) is 3. The van der Waals surface area contributed by atoms with Gasteiger partial charge in [0.05, 0.1) is 18.9 Å². The normalized spacial score (nSPS) is 22.8. The van der Waals surface area contributed by atoms with Crippen molar-refractivity contribution in [1.82, 2.24) is 14.8 Å². The number of hydrogen-bond donors (Lipinski definition) is 1. The quantitative estimate of drug-likeness (QED) is 0.765. The zero-order valence-electron chi connectivity index (χ0n) is 16.4. The monoisotopic (exact) mass is 397 g/mol. The minimum Gasteiger partial charge on any atom is -0.482 e. The predicted molar refractivity (Wildman–Crippen MR) is 108 cm³/mol. The van der Waals surface area contributed by atoms with Gasteiger partial charge >= 0.3 is 5.97 Å². The molecule has 154 valence electrons. The number of benzene rings is 1. The van der Waals surface area contributed by atoms with E-state index in [0.717, 1.165) is 51.6 Å². The van der Waals surface area contributed by atoms with Crippen LogP contribution in [0.2, 0.25) is 0 Å². The van der Waals surface area contributed by atoms with Crippen LogP contribution in [-0.2, 0) is 22.6 Å². The summed E-state index contributed by atoms with van der Waals surface area (Å²) in [5, 5.41) is 8.72. The maximum Gasteiger partial charge on any atom is 0.341 e. The molecule has 2 aliphatic heterocycles. The second-order valence-electron chi connectivity index (χ2n) is 7.83. The first-order chi connectivity index (χ1) is 14.2. The molecule has 4 rings (SSSR count). The van der Waals surface area contributed by atoms with Crippen molar-refractivity contribution < 1.29 is 19.4 Å². The van der Waals surface area contributed by atoms with Crippen molar-refractivity contribution >= 4 is 5.97 Å². The van der Waals surface area contributed by atoms with E-state index in [1.165, 1.54) is 5.56 Å². The van der Waals surface area contributed by atoms with Gasteiger partial charge < -0.3 is 14.6 Å². The molecule has 3 heterocycles. The summed E-state index contributed by atoms with van der Waals surface area (Å²) in [6, 6.07) is 14.1. The minimum absolute atomic E-state index is 0.321. The van der Waals surface area contributed by atoms with Gasteiger partial charge in [0.1, 0.15) is 5.75 Å². The lowest BCUT2D eigenvalue weighted by Gasteiger charge is -2.31. The molecule has 2 fully saturated rings. The van der Waals surface area contributed by atoms with Crippen LogP contribution in [0.1, 0.15) is 11.3 Å². The lowest BCUT2D eigenvalue weighted by molar-refractivity contribution is -0.139. The number of ether oxygens (including phenoxy) is 2. The van der Waals surface area contributed by atoms with E-state index in [1.807, 2.05) is 42.6 Å². The Hall–Kier alpha value is -2.48. The summed E-state index contributed by atoms with van der Waals surface area (Å²) in [7, 11) is 0. The third kappa shape index (κ3) is 5.53. The molecule has 0 saturated carbocycles. The van der Waals surface area contributed by atoms with Crippen molar-refractivity contribution in [3.05, 3.63) is 59.9 Å². The number of hydrogen-bond acceptors (Lipinski definition) is 6. The summed E-state index contributed by atoms with van der Waals surface area (Å²) >= 11 is 0. The highest BCUT2D eigenvalue weighted by Gasteiger charge is 2.33. The van der Waals surface area contributed by atoms with Crippen LogP contribution in [0.15, 0.2) is 48.7 Å². The number of fused-ring (bicyclic) bond motifs is 3. The van der Waals surface area contributed by atoms with Crippen molar-refractivity contribution in [2.75, 3.05) is 39.5 Å². The van der Waals surface area contributed by atoms with Crippen LogP contribution in [0.4, 0.5) is 0 Å². The van der Waals surface area contributed by atoms with E-state index in [-0.39, 0.29) is 6.61 Å². The van der Waals surface area contributed by atoms with Crippen LogP contribution >= 0.6 is 0 Å². The van der Waals surface area contributed by atoms with E-state index in [4.69, 9.17) is 14.6 Å². The van der Waals surface area contributed by atoms with E-state index in [2.05, 4.69) is 20.9 Å². The molecule has 29 heavy (non-hydrogen) atoms. The topological polar surface area (TPSA) is 75.1 Å². The van der Waals surface area contributed by atoms with E-state index in [0.29, 0.717) is 17.7 Å². The van der Waals surface area contributed by atoms with Crippen molar-refractivity contribution in [3.63, 3.8) is 0 Å². The van der Waals surface area contributed by atoms with Gasteiger partial charge in [-0.05, 0) is 29.8 Å². The third-order valence-electron chi connectivity index (χ3n) is 5.44. The smallest absolute Gasteiger partial charge is 0.341 e. The van der Waals surface area contributed by atoms with E-state index < -0.39 is 5.97 Å². The molecule has 2 aromatic rings. The van der Waals surface area contributed by atoms with Crippen LogP contribution in [0.5, 0.6) is 5.75 Å². The van der Waals surface area contributed by atoms with E-state index >= 15 is 0 Å². The van der Waals surface area contributed by atoms with Gasteiger partial charge in [0.2, 0.25) is 0 Å². The molecule has 0 aliphatic carbocycles. The lowest BCUT2D eigenvalue weighted by Crippen LogP contribution is -2.43. The highest BCUT2D eigenvalue weighted by Crippen LogP contribution is 2.23. The van der Waals surface area contributed by atoms with Crippen LogP contribution in [-0.4, -0.2) is 71.4 Å². The predicted octanol–water partition coefficient (Wildman–Crippen LogP) is 1.88. The molecule has 2 atom stereocenters. The number of aliphatic carboxylic acids is 1. The number of pyridine rings is 1. The van der Waals surface area contributed by atoms with Crippen LogP contribution in [0.3, 0.4) is 0 Å². The van der Waals surface area contributed by atoms with Gasteiger partial charge in [-0.1, -0.05) is 18.2 Å². The minimum atomic E-state index is -0.971. The fourth-order valence-corrected chi connectivity index (χ4v) is 4.14. The maximum absolute atomic E-state index is 10.6. The van der Waals surface area contributed by atoms with Crippen LogP contribution < -0.4 is 4.74 Å². The largest absolute Gasteiger partial charge is 0.482 e. The molecule has 0 amide bonds. The second kappa shape index (κ2) is 9.35. The highest BCUT2D eigenvalue weighted by molar-refractivity contribution is 5.68. The first-order valence-electron chi connectivity index (χ1n) is 10.0. The fourth-order valence-electron chi connectivity index (χ4n) is 4.14. The Morgan fingerprint density at radius 3 is 2.72 bits per heavy atom. The average Bonchev–Trinajstić information content (AvgIpc) is 2.98. The molecular formula is C22H27N3O4. The zero-order chi connectivity index (χ0) is 20.1. The molecule has 0 unspecified atom stereocenters. The molecule has 2 aliphatic rings. The van der Waals surface area contributed by atoms with Gasteiger partial charge in [-0.2, -0.15) is 0 Å². The Labute approximate surface area is 170 Å². The van der Waals surface area contributed by atoms with Gasteiger partial charge in [-0.15, -0.1) is 0 Å². The Morgan fingerprint density at radius 1 is 1.10 bits per heavy atom. The van der Waals surface area contributed by atoms with E-state index in [1.54, 1.807) is 0 Å². The lowest BCUT2D eigenvalue weighted by atomic mass is 10.1. The van der Waals surface area contributed by atoms with Crippen molar-refractivity contribution in [2.24, 2.45) is 5.92 Å². The SMILES string of the molecule is O=C(O)COc1ccc(CN2C[C@H]3COC[C@@H]2CN(Cc2ccccn2)C3)cc1. The summed E-state index contributed by atoms with van der Waals surface area (Å²) < 4.78 is 11.2. The van der Waals surface area contributed by atoms with Gasteiger partial charge in [-0.25, -0.2) is 4.79 Å². The number of carboxylic acid groups (broad SMARTS) is 1. The van der Waals surface area contributed by atoms with Crippen molar-refractivity contribution in [3.8, 4) is 5.75 Å². The molecule has 7 nitrogen and oxygen atoms in total. The molecule has 1 aromatic carbocycles. The number of carbonyl (C=O) groups is 1. The molecular weight excluding hydrogens is 370 g/mol. The van der Waals surface area contributed by atoms with E-state index in [9.17, 15) is 4.79 Å². The number of carboxylic acids is 1. The Bertz CT molecular complexity index is 799. The molecule has 0 spiro atoms. The molecule has 2 bridgehead atoms.